The van der Waals surface area contributed by atoms with Crippen LogP contribution < -0.4 is 32.6 Å². The quantitative estimate of drug-likeness (QED) is 0.0396. The summed E-state index contributed by atoms with van der Waals surface area (Å²) in [5, 5.41) is 7.52. The topological polar surface area (TPSA) is 197 Å². The molecule has 18 nitrogen and oxygen atoms in total. The zero-order valence-electron chi connectivity index (χ0n) is 37.9. The molecule has 0 fully saturated rings. The highest BCUT2D eigenvalue weighted by atomic mass is 32.2. The van der Waals surface area contributed by atoms with E-state index in [2.05, 4.69) is 42.5 Å². The first kappa shape index (κ1) is 47.0. The van der Waals surface area contributed by atoms with E-state index >= 15 is 0 Å². The summed E-state index contributed by atoms with van der Waals surface area (Å²) in [6.07, 6.45) is 9.43. The van der Waals surface area contributed by atoms with Crippen molar-refractivity contribution < 1.29 is 25.4 Å². The zero-order chi connectivity index (χ0) is 49.3. The van der Waals surface area contributed by atoms with Gasteiger partial charge in [0, 0.05) is 33.7 Å². The minimum absolute atomic E-state index is 0.180. The molecular weight excluding hydrogens is 953 g/mol. The summed E-state index contributed by atoms with van der Waals surface area (Å²) in [4.78, 5) is 8.80. The van der Waals surface area contributed by atoms with Gasteiger partial charge < -0.3 is 0 Å². The Hall–Kier alpha value is -8.70. The summed E-state index contributed by atoms with van der Waals surface area (Å²) in [5.41, 5.74) is 20.9. The van der Waals surface area contributed by atoms with E-state index in [1.807, 2.05) is 133 Å². The molecule has 0 saturated carbocycles. The lowest BCUT2D eigenvalue weighted by molar-refractivity contribution is -0.233. The van der Waals surface area contributed by atoms with Gasteiger partial charge in [-0.05, 0) is 93.0 Å². The SMILES string of the molecule is O=S(=O)(ON(Nc1cccc2ccccc12)N1NC=CC(=Nc2ccccc2)N1)c1ccccc1/C=C/c1ccccc1S(=O)(=O)ON(Nc1cccc2ccccc12)N1NC=CC(=Nc2ccccc2)N1. The second kappa shape index (κ2) is 21.1. The number of nitrogens with zero attached hydrogens (tertiary/aromatic N) is 6. The Kier molecular flexibility index (Phi) is 13.8. The number of nitrogens with one attached hydrogen (secondary N) is 6. The second-order valence-corrected chi connectivity index (χ2v) is 18.7. The largest absolute Gasteiger partial charge is 0.316 e. The number of hydrazine groups is 8. The zero-order valence-corrected chi connectivity index (χ0v) is 39.5. The van der Waals surface area contributed by atoms with Gasteiger partial charge in [0.2, 0.25) is 0 Å². The number of hydrogen-bond donors (Lipinski definition) is 6. The molecule has 0 atom stereocenters. The summed E-state index contributed by atoms with van der Waals surface area (Å²) in [5.74, 6) is 0.724. The Morgan fingerprint density at radius 3 is 1.26 bits per heavy atom. The normalized spacial score (nSPS) is 15.5. The standard InChI is InChI=1S/C52H44N12O6S2/c65-71(66,69-63(57-47-29-15-21-39-17-7-11-27-45(39)47)61-53-37-35-51(59-61)55-43-23-3-1-4-24-43)49-31-13-9-19-41(49)33-34-42-20-10-14-32-50(42)72(67,68)70-64(58-48-30-16-22-40-18-8-12-28-46(40)48)62-54-38-36-52(60-62)56-44-25-5-2-6-26-44/h1-38,53-54,57-58H,(H,55,59)(H,56,60)/b34-33+. The predicted molar refractivity (Wildman–Crippen MR) is 279 cm³/mol. The number of fused-ring (bicyclic) bond motifs is 2. The monoisotopic (exact) mass is 996 g/mol. The van der Waals surface area contributed by atoms with Gasteiger partial charge in [0.05, 0.1) is 22.7 Å². The Morgan fingerprint density at radius 2 is 0.819 bits per heavy atom. The van der Waals surface area contributed by atoms with Crippen molar-refractivity contribution >= 4 is 88.4 Å². The molecule has 2 aliphatic heterocycles. The van der Waals surface area contributed by atoms with Gasteiger partial charge in [-0.15, -0.1) is 8.57 Å². The molecule has 10 rings (SSSR count). The molecule has 0 aromatic heterocycles. The van der Waals surface area contributed by atoms with E-state index in [1.165, 1.54) is 34.7 Å². The van der Waals surface area contributed by atoms with Crippen LogP contribution in [0.2, 0.25) is 0 Å². The first-order valence-electron chi connectivity index (χ1n) is 22.3. The summed E-state index contributed by atoms with van der Waals surface area (Å²) >= 11 is 0. The lowest BCUT2D eigenvalue weighted by atomic mass is 10.1. The molecular formula is C52H44N12O6S2. The number of para-hydroxylation sites is 2. The third-order valence-electron chi connectivity index (χ3n) is 10.9. The molecule has 0 radical (unpaired) electrons. The van der Waals surface area contributed by atoms with Crippen LogP contribution in [0.1, 0.15) is 11.1 Å². The summed E-state index contributed by atoms with van der Waals surface area (Å²) in [6, 6.07) is 57.1. The maximum Gasteiger partial charge on any atom is 0.316 e. The van der Waals surface area contributed by atoms with Crippen molar-refractivity contribution in [3.05, 3.63) is 230 Å². The molecule has 0 spiro atoms. The van der Waals surface area contributed by atoms with E-state index in [-0.39, 0.29) is 20.9 Å². The van der Waals surface area contributed by atoms with Gasteiger partial charge in [-0.3, -0.25) is 32.6 Å². The van der Waals surface area contributed by atoms with Gasteiger partial charge in [-0.1, -0.05) is 158 Å². The van der Waals surface area contributed by atoms with Crippen molar-refractivity contribution in [1.82, 2.24) is 42.7 Å². The average molecular weight is 997 g/mol. The summed E-state index contributed by atoms with van der Waals surface area (Å²) in [6.45, 7) is 0. The molecule has 8 aromatic rings. The van der Waals surface area contributed by atoms with Crippen molar-refractivity contribution in [1.29, 1.82) is 0 Å². The minimum atomic E-state index is -4.70. The van der Waals surface area contributed by atoms with Crippen molar-refractivity contribution in [2.45, 2.75) is 9.79 Å². The molecule has 8 aromatic carbocycles. The van der Waals surface area contributed by atoms with Crippen molar-refractivity contribution in [3.8, 4) is 0 Å². The van der Waals surface area contributed by atoms with Crippen LogP contribution in [-0.4, -0.2) is 49.5 Å². The fraction of sp³-hybridized carbons (Fsp3) is 0. The van der Waals surface area contributed by atoms with Crippen LogP contribution in [-0.2, 0) is 28.8 Å². The smallest absolute Gasteiger partial charge is 0.291 e. The molecule has 0 unspecified atom stereocenters. The number of benzene rings is 8. The summed E-state index contributed by atoms with van der Waals surface area (Å²) < 4.78 is 70.1. The van der Waals surface area contributed by atoms with Gasteiger partial charge in [0.15, 0.2) is 0 Å². The second-order valence-electron chi connectivity index (χ2n) is 15.7. The van der Waals surface area contributed by atoms with Gasteiger partial charge in [-0.2, -0.15) is 16.8 Å². The number of anilines is 2. The molecule has 20 heteroatoms. The summed E-state index contributed by atoms with van der Waals surface area (Å²) in [7, 11) is -9.39. The van der Waals surface area contributed by atoms with Crippen LogP contribution >= 0.6 is 0 Å². The van der Waals surface area contributed by atoms with Gasteiger partial charge in [0.1, 0.15) is 21.5 Å². The fourth-order valence-electron chi connectivity index (χ4n) is 7.53. The van der Waals surface area contributed by atoms with E-state index < -0.39 is 20.2 Å². The van der Waals surface area contributed by atoms with Crippen LogP contribution in [0, 0.1) is 0 Å². The minimum Gasteiger partial charge on any atom is -0.291 e. The highest BCUT2D eigenvalue weighted by molar-refractivity contribution is 7.87. The third-order valence-corrected chi connectivity index (χ3v) is 13.4. The Labute approximate surface area is 415 Å². The molecule has 2 heterocycles. The van der Waals surface area contributed by atoms with Crippen molar-refractivity contribution in [3.63, 3.8) is 0 Å². The molecule has 0 aliphatic carbocycles. The highest BCUT2D eigenvalue weighted by Gasteiger charge is 2.31. The fourth-order valence-corrected chi connectivity index (χ4v) is 9.61. The van der Waals surface area contributed by atoms with Crippen LogP contribution in [0.15, 0.2) is 238 Å². The van der Waals surface area contributed by atoms with Crippen molar-refractivity contribution in [2.24, 2.45) is 9.98 Å². The molecule has 360 valence electrons. The average Bonchev–Trinajstić information content (AvgIpc) is 3.41. The number of rotatable bonds is 16. The van der Waals surface area contributed by atoms with E-state index in [9.17, 15) is 16.8 Å². The Morgan fingerprint density at radius 1 is 0.444 bits per heavy atom. The molecule has 0 saturated heterocycles. The van der Waals surface area contributed by atoms with Crippen LogP contribution in [0.25, 0.3) is 33.7 Å². The Bertz CT molecular complexity index is 3390. The van der Waals surface area contributed by atoms with Crippen LogP contribution in [0.5, 0.6) is 0 Å². The lowest BCUT2D eigenvalue weighted by Gasteiger charge is -2.34. The van der Waals surface area contributed by atoms with Crippen molar-refractivity contribution in [2.75, 3.05) is 10.9 Å². The molecule has 72 heavy (non-hydrogen) atoms. The number of aliphatic imine (C=N–C) groups is 2. The van der Waals surface area contributed by atoms with Gasteiger partial charge in [-0.25, -0.2) is 9.98 Å². The molecule has 2 aliphatic rings. The van der Waals surface area contributed by atoms with E-state index in [1.54, 1.807) is 73.1 Å². The van der Waals surface area contributed by atoms with Gasteiger partial charge in [0.25, 0.3) is 0 Å². The van der Waals surface area contributed by atoms with Crippen LogP contribution in [0.3, 0.4) is 0 Å². The molecule has 0 bridgehead atoms. The number of hydrogen-bond acceptors (Lipinski definition) is 16. The van der Waals surface area contributed by atoms with E-state index in [4.69, 9.17) is 8.57 Å². The molecule has 0 amide bonds. The number of amidine groups is 2. The first-order chi connectivity index (χ1) is 35.1. The maximum atomic E-state index is 14.6. The third kappa shape index (κ3) is 11.0. The maximum absolute atomic E-state index is 14.6. The lowest BCUT2D eigenvalue weighted by Crippen LogP contribution is -2.62. The highest BCUT2D eigenvalue weighted by Crippen LogP contribution is 2.29. The van der Waals surface area contributed by atoms with E-state index in [0.29, 0.717) is 34.4 Å². The van der Waals surface area contributed by atoms with E-state index in [0.717, 1.165) is 32.1 Å². The molecule has 6 N–H and O–H groups in total. The predicted octanol–water partition coefficient (Wildman–Crippen LogP) is 9.03. The first-order valence-corrected chi connectivity index (χ1v) is 25.1. The van der Waals surface area contributed by atoms with Gasteiger partial charge >= 0.3 is 20.2 Å². The Balaban J connectivity index is 0.944. The van der Waals surface area contributed by atoms with Crippen LogP contribution in [0.4, 0.5) is 22.7 Å².